The number of benzene rings is 2. The van der Waals surface area contributed by atoms with Gasteiger partial charge >= 0.3 is 0 Å². The zero-order valence-corrected chi connectivity index (χ0v) is 9.29. The van der Waals surface area contributed by atoms with Crippen LogP contribution in [0.4, 0.5) is 15.8 Å². The van der Waals surface area contributed by atoms with Gasteiger partial charge in [-0.25, -0.2) is 4.39 Å². The summed E-state index contributed by atoms with van der Waals surface area (Å²) in [5, 5.41) is 10.8. The second-order valence-corrected chi connectivity index (χ2v) is 3.55. The van der Waals surface area contributed by atoms with Crippen LogP contribution >= 0.6 is 0 Å². The Kier molecular flexibility index (Phi) is 3.43. The van der Waals surface area contributed by atoms with Crippen LogP contribution in [0.25, 0.3) is 0 Å². The van der Waals surface area contributed by atoms with Gasteiger partial charge < -0.3 is 0 Å². The van der Waals surface area contributed by atoms with Gasteiger partial charge in [0.15, 0.2) is 0 Å². The van der Waals surface area contributed by atoms with Gasteiger partial charge in [0.2, 0.25) is 0 Å². The first kappa shape index (κ1) is 11.9. The van der Waals surface area contributed by atoms with E-state index in [2.05, 4.69) is 4.99 Å². The normalized spacial score (nSPS) is 10.7. The zero-order valence-electron chi connectivity index (χ0n) is 9.29. The third kappa shape index (κ3) is 2.76. The fourth-order valence-corrected chi connectivity index (χ4v) is 1.43. The Bertz CT molecular complexity index is 594. The molecule has 2 rings (SSSR count). The van der Waals surface area contributed by atoms with Gasteiger partial charge in [-0.2, -0.15) is 0 Å². The lowest BCUT2D eigenvalue weighted by molar-refractivity contribution is -0.385. The van der Waals surface area contributed by atoms with E-state index in [1.54, 1.807) is 18.2 Å². The molecule has 0 saturated heterocycles. The van der Waals surface area contributed by atoms with E-state index in [9.17, 15) is 14.5 Å². The molecular formula is C13H9FN2O2. The van der Waals surface area contributed by atoms with Crippen molar-refractivity contribution in [1.29, 1.82) is 0 Å². The van der Waals surface area contributed by atoms with Crippen LogP contribution in [0.15, 0.2) is 53.5 Å². The lowest BCUT2D eigenvalue weighted by Gasteiger charge is -1.96. The van der Waals surface area contributed by atoms with Gasteiger partial charge in [0.1, 0.15) is 5.82 Å². The summed E-state index contributed by atoms with van der Waals surface area (Å²) in [6.07, 6.45) is 1.39. The SMILES string of the molecule is O=[N+]([O-])c1ccccc1C=Nc1ccc(F)cc1. The number of aliphatic imine (C=N–C) groups is 1. The van der Waals surface area contributed by atoms with Gasteiger partial charge in [0.05, 0.1) is 16.2 Å². The number of hydrogen-bond acceptors (Lipinski definition) is 3. The Labute approximate surface area is 103 Å². The molecule has 5 heteroatoms. The first-order valence-corrected chi connectivity index (χ1v) is 5.20. The molecule has 0 unspecified atom stereocenters. The monoisotopic (exact) mass is 244 g/mol. The molecule has 0 aromatic heterocycles. The summed E-state index contributed by atoms with van der Waals surface area (Å²) >= 11 is 0. The van der Waals surface area contributed by atoms with E-state index in [1.165, 1.54) is 36.5 Å². The minimum Gasteiger partial charge on any atom is -0.258 e. The van der Waals surface area contributed by atoms with Crippen LogP contribution in [0.3, 0.4) is 0 Å². The van der Waals surface area contributed by atoms with Crippen molar-refractivity contribution >= 4 is 17.6 Å². The van der Waals surface area contributed by atoms with Crippen LogP contribution in [0.1, 0.15) is 5.56 Å². The van der Waals surface area contributed by atoms with Crippen molar-refractivity contribution in [3.8, 4) is 0 Å². The van der Waals surface area contributed by atoms with Crippen LogP contribution in [0.5, 0.6) is 0 Å². The fourth-order valence-electron chi connectivity index (χ4n) is 1.43. The molecule has 2 aromatic carbocycles. The molecule has 0 amide bonds. The van der Waals surface area contributed by atoms with Crippen LogP contribution in [-0.4, -0.2) is 11.1 Å². The van der Waals surface area contributed by atoms with E-state index in [0.717, 1.165) is 0 Å². The van der Waals surface area contributed by atoms with E-state index in [0.29, 0.717) is 11.3 Å². The van der Waals surface area contributed by atoms with Crippen molar-refractivity contribution in [2.24, 2.45) is 4.99 Å². The third-order valence-electron chi connectivity index (χ3n) is 2.31. The summed E-state index contributed by atoms with van der Waals surface area (Å²) in [5.41, 5.74) is 0.935. The Balaban J connectivity index is 2.29. The number of nitro benzene ring substituents is 1. The summed E-state index contributed by atoms with van der Waals surface area (Å²) in [6.45, 7) is 0. The van der Waals surface area contributed by atoms with E-state index >= 15 is 0 Å². The fraction of sp³-hybridized carbons (Fsp3) is 0. The number of nitro groups is 1. The molecule has 0 radical (unpaired) electrons. The van der Waals surface area contributed by atoms with E-state index in [-0.39, 0.29) is 11.5 Å². The first-order valence-electron chi connectivity index (χ1n) is 5.20. The Morgan fingerprint density at radius 2 is 1.78 bits per heavy atom. The van der Waals surface area contributed by atoms with E-state index in [1.807, 2.05) is 0 Å². The molecular weight excluding hydrogens is 235 g/mol. The van der Waals surface area contributed by atoms with Gasteiger partial charge in [0, 0.05) is 12.3 Å². The number of hydrogen-bond donors (Lipinski definition) is 0. The highest BCUT2D eigenvalue weighted by atomic mass is 19.1. The van der Waals surface area contributed by atoms with E-state index < -0.39 is 4.92 Å². The molecule has 4 nitrogen and oxygen atoms in total. The second-order valence-electron chi connectivity index (χ2n) is 3.55. The molecule has 0 N–H and O–H groups in total. The molecule has 0 aliphatic carbocycles. The lowest BCUT2D eigenvalue weighted by atomic mass is 10.2. The largest absolute Gasteiger partial charge is 0.278 e. The van der Waals surface area contributed by atoms with Crippen LogP contribution in [0, 0.1) is 15.9 Å². The maximum atomic E-state index is 12.7. The molecule has 0 aliphatic rings. The molecule has 0 fully saturated rings. The molecule has 2 aromatic rings. The number of rotatable bonds is 3. The molecule has 90 valence electrons. The van der Waals surface area contributed by atoms with Gasteiger partial charge in [-0.15, -0.1) is 0 Å². The van der Waals surface area contributed by atoms with Crippen molar-refractivity contribution in [2.45, 2.75) is 0 Å². The number of halogens is 1. The standard InChI is InChI=1S/C13H9FN2O2/c14-11-5-7-12(8-6-11)15-9-10-3-1-2-4-13(10)16(17)18/h1-9H. The maximum Gasteiger partial charge on any atom is 0.278 e. The Morgan fingerprint density at radius 3 is 2.44 bits per heavy atom. The summed E-state index contributed by atoms with van der Waals surface area (Å²) < 4.78 is 12.7. The van der Waals surface area contributed by atoms with E-state index in [4.69, 9.17) is 0 Å². The molecule has 0 spiro atoms. The highest BCUT2D eigenvalue weighted by Crippen LogP contribution is 2.17. The minimum atomic E-state index is -0.466. The van der Waals surface area contributed by atoms with Crippen molar-refractivity contribution in [3.63, 3.8) is 0 Å². The second kappa shape index (κ2) is 5.18. The lowest BCUT2D eigenvalue weighted by Crippen LogP contribution is -1.93. The van der Waals surface area contributed by atoms with Crippen molar-refractivity contribution in [3.05, 3.63) is 70.0 Å². The highest BCUT2D eigenvalue weighted by molar-refractivity contribution is 5.86. The van der Waals surface area contributed by atoms with Gasteiger partial charge in [-0.1, -0.05) is 12.1 Å². The van der Waals surface area contributed by atoms with Crippen molar-refractivity contribution in [1.82, 2.24) is 0 Å². The minimum absolute atomic E-state index is 0.0108. The van der Waals surface area contributed by atoms with Gasteiger partial charge in [0.25, 0.3) is 5.69 Å². The summed E-state index contributed by atoms with van der Waals surface area (Å²) in [5.74, 6) is -0.348. The molecule has 18 heavy (non-hydrogen) atoms. The summed E-state index contributed by atoms with van der Waals surface area (Å²) in [4.78, 5) is 14.4. The average molecular weight is 244 g/mol. The zero-order chi connectivity index (χ0) is 13.0. The number of nitrogens with zero attached hydrogens (tertiary/aromatic N) is 2. The highest BCUT2D eigenvalue weighted by Gasteiger charge is 2.09. The summed E-state index contributed by atoms with van der Waals surface area (Å²) in [7, 11) is 0. The molecule has 0 heterocycles. The Hall–Kier alpha value is -2.56. The van der Waals surface area contributed by atoms with Gasteiger partial charge in [-0.05, 0) is 30.3 Å². The first-order chi connectivity index (χ1) is 8.66. The quantitative estimate of drug-likeness (QED) is 0.471. The predicted octanol–water partition coefficient (Wildman–Crippen LogP) is 3.48. The average Bonchev–Trinajstić information content (AvgIpc) is 2.38. The molecule has 0 bridgehead atoms. The molecule has 0 aliphatic heterocycles. The van der Waals surface area contributed by atoms with Crippen LogP contribution in [0.2, 0.25) is 0 Å². The smallest absolute Gasteiger partial charge is 0.258 e. The predicted molar refractivity (Wildman–Crippen MR) is 66.8 cm³/mol. The van der Waals surface area contributed by atoms with Gasteiger partial charge in [-0.3, -0.25) is 15.1 Å². The van der Waals surface area contributed by atoms with Crippen LogP contribution in [-0.2, 0) is 0 Å². The molecule has 0 atom stereocenters. The Morgan fingerprint density at radius 1 is 1.11 bits per heavy atom. The topological polar surface area (TPSA) is 55.5 Å². The van der Waals surface area contributed by atoms with Crippen LogP contribution < -0.4 is 0 Å². The number of para-hydroxylation sites is 1. The maximum absolute atomic E-state index is 12.7. The molecule has 0 saturated carbocycles. The third-order valence-corrected chi connectivity index (χ3v) is 2.31. The van der Waals surface area contributed by atoms with Crippen molar-refractivity contribution in [2.75, 3.05) is 0 Å². The summed E-state index contributed by atoms with van der Waals surface area (Å²) in [6, 6.07) is 11.9. The van der Waals surface area contributed by atoms with Crippen molar-refractivity contribution < 1.29 is 9.31 Å².